The largest absolute Gasteiger partial charge is 0.473 e. The SMILES string of the molecule is O=C(CN1CCN(CC(=O)c2ccco2)CC1)Nc1ccc(Cl)c(Cl)c1.O=C(O)C(=O)O. The van der Waals surface area contributed by atoms with Gasteiger partial charge in [-0.15, -0.1) is 0 Å². The molecule has 1 amide bonds. The maximum absolute atomic E-state index is 12.2. The summed E-state index contributed by atoms with van der Waals surface area (Å²) < 4.78 is 5.13. The number of carboxylic acids is 2. The summed E-state index contributed by atoms with van der Waals surface area (Å²) >= 11 is 11.8. The number of ketones is 1. The smallest absolute Gasteiger partial charge is 0.414 e. The molecule has 1 fully saturated rings. The molecule has 1 aromatic heterocycles. The molecule has 3 N–H and O–H groups in total. The van der Waals surface area contributed by atoms with Crippen LogP contribution in [0.4, 0.5) is 5.69 Å². The molecule has 1 aromatic carbocycles. The summed E-state index contributed by atoms with van der Waals surface area (Å²) in [5, 5.41) is 18.4. The summed E-state index contributed by atoms with van der Waals surface area (Å²) in [5.41, 5.74) is 0.618. The first kappa shape index (κ1) is 25.3. The Hall–Kier alpha value is -2.92. The fraction of sp³-hybridized carbons (Fsp3) is 0.300. The van der Waals surface area contributed by atoms with E-state index in [-0.39, 0.29) is 11.7 Å². The van der Waals surface area contributed by atoms with Crippen LogP contribution >= 0.6 is 23.2 Å². The topological polar surface area (TPSA) is 140 Å². The van der Waals surface area contributed by atoms with Gasteiger partial charge in [0.1, 0.15) is 0 Å². The van der Waals surface area contributed by atoms with Crippen LogP contribution in [-0.2, 0) is 14.4 Å². The third-order valence-electron chi connectivity index (χ3n) is 4.38. The van der Waals surface area contributed by atoms with E-state index in [1.807, 2.05) is 0 Å². The van der Waals surface area contributed by atoms with E-state index >= 15 is 0 Å². The molecule has 1 saturated heterocycles. The van der Waals surface area contributed by atoms with Crippen LogP contribution in [0.3, 0.4) is 0 Å². The van der Waals surface area contributed by atoms with Gasteiger partial charge in [-0.2, -0.15) is 0 Å². The number of hydrogen-bond donors (Lipinski definition) is 3. The highest BCUT2D eigenvalue weighted by Crippen LogP contribution is 2.25. The second-order valence-corrected chi connectivity index (χ2v) is 7.55. The van der Waals surface area contributed by atoms with Crippen molar-refractivity contribution in [3.63, 3.8) is 0 Å². The van der Waals surface area contributed by atoms with Crippen LogP contribution in [0, 0.1) is 0 Å². The number of carboxylic acid groups (broad SMARTS) is 2. The van der Waals surface area contributed by atoms with E-state index < -0.39 is 11.9 Å². The number of furan rings is 1. The molecule has 10 nitrogen and oxygen atoms in total. The van der Waals surface area contributed by atoms with Gasteiger partial charge < -0.3 is 19.9 Å². The molecule has 0 bridgehead atoms. The molecule has 0 saturated carbocycles. The van der Waals surface area contributed by atoms with E-state index in [1.165, 1.54) is 6.26 Å². The number of nitrogens with one attached hydrogen (secondary N) is 1. The van der Waals surface area contributed by atoms with Gasteiger partial charge in [-0.3, -0.25) is 19.4 Å². The highest BCUT2D eigenvalue weighted by atomic mass is 35.5. The molecule has 12 heteroatoms. The van der Waals surface area contributed by atoms with Gasteiger partial charge in [0.15, 0.2) is 5.76 Å². The number of carbonyl (C=O) groups excluding carboxylic acids is 2. The fourth-order valence-corrected chi connectivity index (χ4v) is 3.10. The highest BCUT2D eigenvalue weighted by Gasteiger charge is 2.22. The molecule has 0 spiro atoms. The number of aliphatic carboxylic acids is 2. The van der Waals surface area contributed by atoms with Crippen molar-refractivity contribution in [3.8, 4) is 0 Å². The van der Waals surface area contributed by atoms with Crippen molar-refractivity contribution in [2.45, 2.75) is 0 Å². The molecule has 0 aliphatic carbocycles. The average Bonchev–Trinajstić information content (AvgIpc) is 3.28. The van der Waals surface area contributed by atoms with Crippen molar-refractivity contribution in [3.05, 3.63) is 52.4 Å². The number of anilines is 1. The molecule has 2 aromatic rings. The molecule has 1 aliphatic heterocycles. The van der Waals surface area contributed by atoms with E-state index in [1.54, 1.807) is 30.3 Å². The second kappa shape index (κ2) is 12.2. The lowest BCUT2D eigenvalue weighted by atomic mass is 10.2. The van der Waals surface area contributed by atoms with Gasteiger partial charge >= 0.3 is 11.9 Å². The molecule has 172 valence electrons. The molecule has 0 radical (unpaired) electrons. The van der Waals surface area contributed by atoms with Crippen LogP contribution in [0.1, 0.15) is 10.6 Å². The summed E-state index contributed by atoms with van der Waals surface area (Å²) in [7, 11) is 0. The zero-order chi connectivity index (χ0) is 23.7. The van der Waals surface area contributed by atoms with Crippen LogP contribution in [-0.4, -0.2) is 82.9 Å². The third-order valence-corrected chi connectivity index (χ3v) is 5.12. The summed E-state index contributed by atoms with van der Waals surface area (Å²) in [6, 6.07) is 8.36. The van der Waals surface area contributed by atoms with Crippen LogP contribution in [0.15, 0.2) is 41.0 Å². The Balaban J connectivity index is 0.000000534. The van der Waals surface area contributed by atoms with Crippen molar-refractivity contribution in [2.75, 3.05) is 44.6 Å². The van der Waals surface area contributed by atoms with Gasteiger partial charge in [-0.05, 0) is 30.3 Å². The van der Waals surface area contributed by atoms with Crippen LogP contribution in [0.25, 0.3) is 0 Å². The minimum absolute atomic E-state index is 0.0270. The van der Waals surface area contributed by atoms with Crippen LogP contribution in [0.5, 0.6) is 0 Å². The van der Waals surface area contributed by atoms with Crippen LogP contribution in [0.2, 0.25) is 10.0 Å². The zero-order valence-electron chi connectivity index (χ0n) is 16.8. The molecule has 1 aliphatic rings. The molecule has 32 heavy (non-hydrogen) atoms. The average molecular weight is 486 g/mol. The van der Waals surface area contributed by atoms with Crippen LogP contribution < -0.4 is 5.32 Å². The lowest BCUT2D eigenvalue weighted by Gasteiger charge is -2.33. The van der Waals surface area contributed by atoms with Gasteiger partial charge in [0.25, 0.3) is 0 Å². The first-order chi connectivity index (χ1) is 15.2. The van der Waals surface area contributed by atoms with E-state index in [0.29, 0.717) is 34.6 Å². The van der Waals surface area contributed by atoms with E-state index in [0.717, 1.165) is 26.2 Å². The quantitative estimate of drug-likeness (QED) is 0.414. The third kappa shape index (κ3) is 8.31. The van der Waals surface area contributed by atoms with Crippen molar-refractivity contribution >= 4 is 52.5 Å². The normalized spacial score (nSPS) is 14.2. The predicted molar refractivity (Wildman–Crippen MR) is 116 cm³/mol. The van der Waals surface area contributed by atoms with Gasteiger partial charge in [0, 0.05) is 31.9 Å². The summed E-state index contributed by atoms with van der Waals surface area (Å²) in [4.78, 5) is 46.6. The molecule has 0 unspecified atom stereocenters. The number of benzene rings is 1. The van der Waals surface area contributed by atoms with Crippen molar-refractivity contribution < 1.29 is 33.8 Å². The van der Waals surface area contributed by atoms with Gasteiger partial charge in [-0.1, -0.05) is 23.2 Å². The van der Waals surface area contributed by atoms with Gasteiger partial charge in [0.05, 0.1) is 29.4 Å². The second-order valence-electron chi connectivity index (χ2n) is 6.74. The Kier molecular flexibility index (Phi) is 9.66. The van der Waals surface area contributed by atoms with Crippen molar-refractivity contribution in [2.24, 2.45) is 0 Å². The Labute approximate surface area is 193 Å². The Bertz CT molecular complexity index is 946. The molecule has 0 atom stereocenters. The molecular formula is C20H21Cl2N3O7. The highest BCUT2D eigenvalue weighted by molar-refractivity contribution is 6.42. The summed E-state index contributed by atoms with van der Waals surface area (Å²) in [5.74, 6) is -3.40. The number of halogens is 2. The number of carbonyl (C=O) groups is 4. The maximum atomic E-state index is 12.2. The van der Waals surface area contributed by atoms with E-state index in [9.17, 15) is 9.59 Å². The first-order valence-electron chi connectivity index (χ1n) is 9.38. The van der Waals surface area contributed by atoms with Gasteiger partial charge in [0.2, 0.25) is 11.7 Å². The number of nitrogens with zero attached hydrogens (tertiary/aromatic N) is 2. The monoisotopic (exact) mass is 485 g/mol. The predicted octanol–water partition coefficient (Wildman–Crippen LogP) is 2.18. The lowest BCUT2D eigenvalue weighted by molar-refractivity contribution is -0.159. The maximum Gasteiger partial charge on any atom is 0.414 e. The Morgan fingerprint density at radius 3 is 2.00 bits per heavy atom. The molecule has 3 rings (SSSR count). The fourth-order valence-electron chi connectivity index (χ4n) is 2.80. The minimum Gasteiger partial charge on any atom is -0.473 e. The van der Waals surface area contributed by atoms with E-state index in [2.05, 4.69) is 15.1 Å². The Morgan fingerprint density at radius 1 is 0.906 bits per heavy atom. The van der Waals surface area contributed by atoms with Gasteiger partial charge in [-0.25, -0.2) is 9.59 Å². The zero-order valence-corrected chi connectivity index (χ0v) is 18.3. The number of rotatable bonds is 6. The number of piperazine rings is 1. The number of Topliss-reactive ketones (excluding diaryl/α,β-unsaturated/α-hetero) is 1. The first-order valence-corrected chi connectivity index (χ1v) is 10.1. The number of amides is 1. The minimum atomic E-state index is -1.82. The molecular weight excluding hydrogens is 465 g/mol. The summed E-state index contributed by atoms with van der Waals surface area (Å²) in [6.45, 7) is 3.52. The summed E-state index contributed by atoms with van der Waals surface area (Å²) in [6.07, 6.45) is 1.50. The van der Waals surface area contributed by atoms with Crippen molar-refractivity contribution in [1.82, 2.24) is 9.80 Å². The Morgan fingerprint density at radius 2 is 1.50 bits per heavy atom. The lowest BCUT2D eigenvalue weighted by Crippen LogP contribution is -2.49. The molecule has 2 heterocycles. The standard InChI is InChI=1S/C18H19Cl2N3O3.C2H2O4/c19-14-4-3-13(10-15(14)20)21-18(25)12-23-7-5-22(6-8-23)11-16(24)17-2-1-9-26-17;3-1(4)2(5)6/h1-4,9-10H,5-8,11-12H2,(H,21,25);(H,3,4)(H,5,6). The van der Waals surface area contributed by atoms with Crippen molar-refractivity contribution in [1.29, 1.82) is 0 Å². The van der Waals surface area contributed by atoms with E-state index in [4.69, 9.17) is 47.4 Å². The number of hydrogen-bond acceptors (Lipinski definition) is 7.